The number of ether oxygens (including phenoxy) is 1. The van der Waals surface area contributed by atoms with Crippen molar-refractivity contribution in [2.75, 3.05) is 13.2 Å². The fourth-order valence-corrected chi connectivity index (χ4v) is 7.69. The molecule has 0 aromatic rings. The molecule has 0 aliphatic rings. The van der Waals surface area contributed by atoms with E-state index in [4.69, 9.17) is 4.74 Å². The molecule has 2 atom stereocenters. The van der Waals surface area contributed by atoms with E-state index in [0.717, 1.165) is 51.4 Å². The number of amides is 1. The van der Waals surface area contributed by atoms with Gasteiger partial charge in [0.25, 0.3) is 0 Å². The molecule has 0 aliphatic heterocycles. The molecule has 0 heterocycles. The lowest BCUT2D eigenvalue weighted by atomic mass is 10.0. The molecule has 56 heavy (non-hydrogen) atoms. The van der Waals surface area contributed by atoms with Crippen molar-refractivity contribution >= 4 is 11.9 Å². The van der Waals surface area contributed by atoms with E-state index >= 15 is 0 Å². The molecule has 0 fully saturated rings. The number of aliphatic hydroxyl groups is 2. The Morgan fingerprint density at radius 1 is 0.482 bits per heavy atom. The standard InChI is InChI=1S/C50H97NO5/c1-3-5-7-9-11-13-15-16-17-18-21-24-28-32-36-40-44-50(55)56-45-41-37-33-29-25-22-19-20-23-27-31-35-39-43-49(54)51-47(46-52)48(53)42-38-34-30-26-14-12-10-8-6-4-2/h17-18,47-48,52-53H,3-16,19-46H2,1-2H3,(H,51,54)/b18-17-. The second-order valence-corrected chi connectivity index (χ2v) is 17.1. The lowest BCUT2D eigenvalue weighted by Gasteiger charge is -2.22. The molecule has 1 amide bonds. The molecule has 3 N–H and O–H groups in total. The van der Waals surface area contributed by atoms with Crippen LogP contribution in [0.15, 0.2) is 12.2 Å². The molecule has 2 unspecified atom stereocenters. The first kappa shape index (κ1) is 54.6. The zero-order valence-corrected chi connectivity index (χ0v) is 37.6. The molecule has 6 nitrogen and oxygen atoms in total. The maximum absolute atomic E-state index is 12.4. The van der Waals surface area contributed by atoms with Crippen LogP contribution in [0.2, 0.25) is 0 Å². The predicted molar refractivity (Wildman–Crippen MR) is 241 cm³/mol. The van der Waals surface area contributed by atoms with Crippen LogP contribution in [0.3, 0.4) is 0 Å². The average molecular weight is 792 g/mol. The average Bonchev–Trinajstić information content (AvgIpc) is 3.20. The van der Waals surface area contributed by atoms with Gasteiger partial charge in [-0.1, -0.05) is 219 Å². The van der Waals surface area contributed by atoms with E-state index < -0.39 is 12.1 Å². The number of esters is 1. The summed E-state index contributed by atoms with van der Waals surface area (Å²) in [5.41, 5.74) is 0. The molecular formula is C50H97NO5. The number of unbranched alkanes of at least 4 members (excludes halogenated alkanes) is 33. The molecule has 0 rings (SSSR count). The smallest absolute Gasteiger partial charge is 0.305 e. The Kier molecular flexibility index (Phi) is 45.1. The summed E-state index contributed by atoms with van der Waals surface area (Å²) in [4.78, 5) is 24.4. The van der Waals surface area contributed by atoms with Crippen molar-refractivity contribution in [3.63, 3.8) is 0 Å². The van der Waals surface area contributed by atoms with Crippen LogP contribution in [0.1, 0.15) is 271 Å². The second-order valence-electron chi connectivity index (χ2n) is 17.1. The van der Waals surface area contributed by atoms with Crippen molar-refractivity contribution in [2.24, 2.45) is 0 Å². The maximum Gasteiger partial charge on any atom is 0.305 e. The van der Waals surface area contributed by atoms with Gasteiger partial charge in [0.2, 0.25) is 5.91 Å². The summed E-state index contributed by atoms with van der Waals surface area (Å²) < 4.78 is 5.46. The van der Waals surface area contributed by atoms with Gasteiger partial charge in [-0.2, -0.15) is 0 Å². The Bertz CT molecular complexity index is 832. The summed E-state index contributed by atoms with van der Waals surface area (Å²) in [6.07, 6.45) is 51.8. The molecule has 0 spiro atoms. The van der Waals surface area contributed by atoms with Gasteiger partial charge in [0.1, 0.15) is 0 Å². The Balaban J connectivity index is 3.43. The molecule has 0 bridgehead atoms. The van der Waals surface area contributed by atoms with Crippen molar-refractivity contribution in [3.05, 3.63) is 12.2 Å². The van der Waals surface area contributed by atoms with Gasteiger partial charge in [-0.25, -0.2) is 0 Å². The number of carbonyl (C=O) groups is 2. The summed E-state index contributed by atoms with van der Waals surface area (Å²) in [7, 11) is 0. The SMILES string of the molecule is CCCCCCCCC/C=C\CCCCCCCC(=O)OCCCCCCCCCCCCCCCC(=O)NC(CO)C(O)CCCCCCCCCCCC. The Morgan fingerprint density at radius 3 is 1.27 bits per heavy atom. The number of nitrogens with one attached hydrogen (secondary N) is 1. The van der Waals surface area contributed by atoms with Crippen molar-refractivity contribution in [3.8, 4) is 0 Å². The molecular weight excluding hydrogens is 695 g/mol. The van der Waals surface area contributed by atoms with Gasteiger partial charge in [0.05, 0.1) is 25.4 Å². The Hall–Kier alpha value is -1.40. The minimum absolute atomic E-state index is 0.0130. The normalized spacial score (nSPS) is 12.7. The quantitative estimate of drug-likeness (QED) is 0.0324. The maximum atomic E-state index is 12.4. The van der Waals surface area contributed by atoms with Crippen LogP contribution < -0.4 is 5.32 Å². The number of aliphatic hydroxyl groups excluding tert-OH is 2. The van der Waals surface area contributed by atoms with E-state index in [9.17, 15) is 19.8 Å². The fraction of sp³-hybridized carbons (Fsp3) is 0.920. The lowest BCUT2D eigenvalue weighted by molar-refractivity contribution is -0.143. The number of allylic oxidation sites excluding steroid dienone is 2. The van der Waals surface area contributed by atoms with Crippen LogP contribution in [0.5, 0.6) is 0 Å². The molecule has 0 aromatic carbocycles. The molecule has 0 aromatic heterocycles. The summed E-state index contributed by atoms with van der Waals surface area (Å²) in [5.74, 6) is -0.0627. The highest BCUT2D eigenvalue weighted by Gasteiger charge is 2.20. The van der Waals surface area contributed by atoms with Gasteiger partial charge >= 0.3 is 5.97 Å². The van der Waals surface area contributed by atoms with Crippen LogP contribution in [-0.4, -0.2) is 47.4 Å². The molecule has 6 heteroatoms. The van der Waals surface area contributed by atoms with Gasteiger partial charge in [0.15, 0.2) is 0 Å². The van der Waals surface area contributed by atoms with Gasteiger partial charge in [0, 0.05) is 12.8 Å². The van der Waals surface area contributed by atoms with Crippen LogP contribution in [0.25, 0.3) is 0 Å². The number of rotatable bonds is 46. The minimum atomic E-state index is -0.670. The highest BCUT2D eigenvalue weighted by molar-refractivity contribution is 5.76. The van der Waals surface area contributed by atoms with E-state index in [-0.39, 0.29) is 18.5 Å². The van der Waals surface area contributed by atoms with Crippen molar-refractivity contribution < 1.29 is 24.5 Å². The largest absolute Gasteiger partial charge is 0.466 e. The molecule has 0 saturated carbocycles. The first-order valence-corrected chi connectivity index (χ1v) is 24.9. The van der Waals surface area contributed by atoms with Crippen LogP contribution >= 0.6 is 0 Å². The Labute approximate surface area is 349 Å². The molecule has 0 radical (unpaired) electrons. The van der Waals surface area contributed by atoms with Gasteiger partial charge in [-0.05, 0) is 51.4 Å². The first-order valence-electron chi connectivity index (χ1n) is 24.9. The van der Waals surface area contributed by atoms with E-state index in [0.29, 0.717) is 25.9 Å². The highest BCUT2D eigenvalue weighted by Crippen LogP contribution is 2.16. The summed E-state index contributed by atoms with van der Waals surface area (Å²) in [6.45, 7) is 4.90. The second kappa shape index (κ2) is 46.3. The summed E-state index contributed by atoms with van der Waals surface area (Å²) in [5, 5.41) is 23.1. The van der Waals surface area contributed by atoms with Gasteiger partial charge in [-0.15, -0.1) is 0 Å². The monoisotopic (exact) mass is 792 g/mol. The number of hydrogen-bond donors (Lipinski definition) is 3. The predicted octanol–water partition coefficient (Wildman–Crippen LogP) is 14.6. The van der Waals surface area contributed by atoms with E-state index in [1.807, 2.05) is 0 Å². The third-order valence-corrected chi connectivity index (χ3v) is 11.6. The van der Waals surface area contributed by atoms with Crippen LogP contribution in [0.4, 0.5) is 0 Å². The van der Waals surface area contributed by atoms with Gasteiger partial charge in [-0.3, -0.25) is 9.59 Å². The summed E-state index contributed by atoms with van der Waals surface area (Å²) >= 11 is 0. The number of hydrogen-bond acceptors (Lipinski definition) is 5. The zero-order valence-electron chi connectivity index (χ0n) is 37.6. The number of carbonyl (C=O) groups excluding carboxylic acids is 2. The van der Waals surface area contributed by atoms with E-state index in [1.165, 1.54) is 186 Å². The van der Waals surface area contributed by atoms with Crippen LogP contribution in [0, 0.1) is 0 Å². The topological polar surface area (TPSA) is 95.9 Å². The van der Waals surface area contributed by atoms with Crippen molar-refractivity contribution in [1.82, 2.24) is 5.32 Å². The minimum Gasteiger partial charge on any atom is -0.466 e. The fourth-order valence-electron chi connectivity index (χ4n) is 7.69. The van der Waals surface area contributed by atoms with Crippen molar-refractivity contribution in [1.29, 1.82) is 0 Å². The van der Waals surface area contributed by atoms with E-state index in [2.05, 4.69) is 31.3 Å². The third kappa shape index (κ3) is 42.2. The van der Waals surface area contributed by atoms with Crippen molar-refractivity contribution in [2.45, 2.75) is 283 Å². The van der Waals surface area contributed by atoms with Crippen LogP contribution in [-0.2, 0) is 14.3 Å². The van der Waals surface area contributed by atoms with E-state index in [1.54, 1.807) is 0 Å². The molecule has 0 saturated heterocycles. The van der Waals surface area contributed by atoms with Gasteiger partial charge < -0.3 is 20.3 Å². The lowest BCUT2D eigenvalue weighted by Crippen LogP contribution is -2.45. The first-order chi connectivity index (χ1) is 27.5. The highest BCUT2D eigenvalue weighted by atomic mass is 16.5. The zero-order chi connectivity index (χ0) is 40.8. The third-order valence-electron chi connectivity index (χ3n) is 11.6. The molecule has 332 valence electrons. The Morgan fingerprint density at radius 2 is 0.839 bits per heavy atom. The summed E-state index contributed by atoms with van der Waals surface area (Å²) in [6, 6.07) is -0.548. The molecule has 0 aliphatic carbocycles.